The molecule has 0 spiro atoms. The zero-order valence-corrected chi connectivity index (χ0v) is 13.2. The number of nitrogens with one attached hydrogen (secondary N) is 1. The lowest BCUT2D eigenvalue weighted by atomic mass is 10.1. The van der Waals surface area contributed by atoms with Gasteiger partial charge >= 0.3 is 0 Å². The Morgan fingerprint density at radius 3 is 2.36 bits per heavy atom. The molecule has 1 heterocycles. The van der Waals surface area contributed by atoms with Crippen molar-refractivity contribution in [1.29, 1.82) is 0 Å². The summed E-state index contributed by atoms with van der Waals surface area (Å²) >= 11 is 0. The molecule has 22 heavy (non-hydrogen) atoms. The topological polar surface area (TPSA) is 24.5 Å². The van der Waals surface area contributed by atoms with E-state index in [2.05, 4.69) is 53.5 Å². The van der Waals surface area contributed by atoms with Gasteiger partial charge in [-0.05, 0) is 30.2 Å². The highest BCUT2D eigenvalue weighted by molar-refractivity contribution is 5.29. The van der Waals surface area contributed by atoms with E-state index in [-0.39, 0.29) is 0 Å². The van der Waals surface area contributed by atoms with Gasteiger partial charge in [0.05, 0.1) is 0 Å². The Hall–Kier alpha value is -1.84. The molecule has 0 aromatic heterocycles. The molecule has 2 aromatic rings. The molecule has 0 bridgehead atoms. The maximum absolute atomic E-state index is 5.85. The van der Waals surface area contributed by atoms with Gasteiger partial charge in [0.2, 0.25) is 0 Å². The molecule has 1 aliphatic heterocycles. The Morgan fingerprint density at radius 2 is 1.68 bits per heavy atom. The molecule has 2 aromatic carbocycles. The van der Waals surface area contributed by atoms with Gasteiger partial charge in [-0.25, -0.2) is 0 Å². The van der Waals surface area contributed by atoms with Gasteiger partial charge in [-0.15, -0.1) is 0 Å². The maximum Gasteiger partial charge on any atom is 0.119 e. The van der Waals surface area contributed by atoms with E-state index in [4.69, 9.17) is 4.74 Å². The minimum Gasteiger partial charge on any atom is -0.489 e. The quantitative estimate of drug-likeness (QED) is 0.917. The molecule has 1 atom stereocenters. The zero-order chi connectivity index (χ0) is 15.2. The fraction of sp³-hybridized carbons (Fsp3) is 0.368. The Morgan fingerprint density at radius 1 is 1.00 bits per heavy atom. The number of rotatable bonds is 5. The second-order valence-corrected chi connectivity index (χ2v) is 5.81. The van der Waals surface area contributed by atoms with Gasteiger partial charge in [0.25, 0.3) is 0 Å². The lowest BCUT2D eigenvalue weighted by Gasteiger charge is -2.33. The largest absolute Gasteiger partial charge is 0.489 e. The van der Waals surface area contributed by atoms with Crippen molar-refractivity contribution in [3.63, 3.8) is 0 Å². The van der Waals surface area contributed by atoms with Crippen molar-refractivity contribution in [1.82, 2.24) is 10.2 Å². The molecular formula is C19H24N2O. The van der Waals surface area contributed by atoms with Gasteiger partial charge in [0.15, 0.2) is 0 Å². The average molecular weight is 296 g/mol. The highest BCUT2D eigenvalue weighted by Gasteiger charge is 2.17. The zero-order valence-electron chi connectivity index (χ0n) is 13.2. The first-order valence-electron chi connectivity index (χ1n) is 8.04. The molecule has 1 fully saturated rings. The maximum atomic E-state index is 5.85. The molecule has 0 unspecified atom stereocenters. The molecule has 3 rings (SSSR count). The molecule has 1 aliphatic rings. The van der Waals surface area contributed by atoms with Gasteiger partial charge < -0.3 is 10.1 Å². The summed E-state index contributed by atoms with van der Waals surface area (Å²) in [5.41, 5.74) is 2.55. The number of piperazine rings is 1. The van der Waals surface area contributed by atoms with Crippen LogP contribution in [0.5, 0.6) is 5.75 Å². The Kier molecular flexibility index (Phi) is 5.09. The molecule has 0 saturated carbocycles. The third-order valence-electron chi connectivity index (χ3n) is 4.31. The average Bonchev–Trinajstić information content (AvgIpc) is 2.61. The van der Waals surface area contributed by atoms with Gasteiger partial charge in [0.1, 0.15) is 12.4 Å². The van der Waals surface area contributed by atoms with E-state index in [9.17, 15) is 0 Å². The predicted octanol–water partition coefficient (Wildman–Crippen LogP) is 3.23. The molecule has 3 heteroatoms. The summed E-state index contributed by atoms with van der Waals surface area (Å²) < 4.78 is 5.85. The minimum absolute atomic E-state index is 0.463. The van der Waals surface area contributed by atoms with Crippen LogP contribution in [-0.2, 0) is 6.61 Å². The first-order chi connectivity index (χ1) is 10.8. The minimum atomic E-state index is 0.463. The summed E-state index contributed by atoms with van der Waals surface area (Å²) in [4.78, 5) is 2.52. The summed E-state index contributed by atoms with van der Waals surface area (Å²) in [6.45, 7) is 7.31. The van der Waals surface area contributed by atoms with Crippen LogP contribution in [0.25, 0.3) is 0 Å². The second-order valence-electron chi connectivity index (χ2n) is 5.81. The highest BCUT2D eigenvalue weighted by Crippen LogP contribution is 2.23. The normalized spacial score (nSPS) is 17.1. The summed E-state index contributed by atoms with van der Waals surface area (Å²) in [6, 6.07) is 19.3. The summed E-state index contributed by atoms with van der Waals surface area (Å²) in [5.74, 6) is 0.931. The van der Waals surface area contributed by atoms with E-state index in [0.29, 0.717) is 12.6 Å². The van der Waals surface area contributed by atoms with Gasteiger partial charge in [-0.2, -0.15) is 0 Å². The SMILES string of the molecule is C[C@H](c1ccc(OCc2ccccc2)cc1)N1CCNCC1. The number of benzene rings is 2. The van der Waals surface area contributed by atoms with Crippen LogP contribution in [0.4, 0.5) is 0 Å². The van der Waals surface area contributed by atoms with E-state index < -0.39 is 0 Å². The third-order valence-corrected chi connectivity index (χ3v) is 4.31. The molecular weight excluding hydrogens is 272 g/mol. The van der Waals surface area contributed by atoms with Gasteiger partial charge in [-0.3, -0.25) is 4.90 Å². The van der Waals surface area contributed by atoms with Crippen molar-refractivity contribution in [2.45, 2.75) is 19.6 Å². The molecule has 0 aliphatic carbocycles. The Balaban J connectivity index is 1.57. The molecule has 116 valence electrons. The molecule has 1 saturated heterocycles. The standard InChI is InChI=1S/C19H24N2O/c1-16(21-13-11-20-12-14-21)18-7-9-19(10-8-18)22-15-17-5-3-2-4-6-17/h2-10,16,20H,11-15H2,1H3/t16-/m1/s1. The molecule has 0 amide bonds. The summed E-state index contributed by atoms with van der Waals surface area (Å²) in [7, 11) is 0. The van der Waals surface area contributed by atoms with Crippen molar-refractivity contribution in [2.24, 2.45) is 0 Å². The highest BCUT2D eigenvalue weighted by atomic mass is 16.5. The van der Waals surface area contributed by atoms with E-state index in [1.165, 1.54) is 11.1 Å². The van der Waals surface area contributed by atoms with Crippen molar-refractivity contribution in [3.8, 4) is 5.75 Å². The van der Waals surface area contributed by atoms with Crippen LogP contribution in [0.1, 0.15) is 24.1 Å². The van der Waals surface area contributed by atoms with Crippen molar-refractivity contribution in [2.75, 3.05) is 26.2 Å². The van der Waals surface area contributed by atoms with Crippen LogP contribution in [0.3, 0.4) is 0 Å². The summed E-state index contributed by atoms with van der Waals surface area (Å²) in [5, 5.41) is 3.40. The van der Waals surface area contributed by atoms with E-state index >= 15 is 0 Å². The van der Waals surface area contributed by atoms with Crippen LogP contribution >= 0.6 is 0 Å². The smallest absolute Gasteiger partial charge is 0.119 e. The molecule has 3 nitrogen and oxygen atoms in total. The number of hydrogen-bond donors (Lipinski definition) is 1. The van der Waals surface area contributed by atoms with E-state index in [0.717, 1.165) is 31.9 Å². The van der Waals surface area contributed by atoms with Crippen LogP contribution < -0.4 is 10.1 Å². The summed E-state index contributed by atoms with van der Waals surface area (Å²) in [6.07, 6.45) is 0. The van der Waals surface area contributed by atoms with Crippen LogP contribution in [0.2, 0.25) is 0 Å². The van der Waals surface area contributed by atoms with Crippen molar-refractivity contribution >= 4 is 0 Å². The van der Waals surface area contributed by atoms with E-state index in [1.807, 2.05) is 18.2 Å². The third kappa shape index (κ3) is 3.87. The fourth-order valence-corrected chi connectivity index (χ4v) is 2.86. The lowest BCUT2D eigenvalue weighted by Crippen LogP contribution is -2.44. The monoisotopic (exact) mass is 296 g/mol. The van der Waals surface area contributed by atoms with E-state index in [1.54, 1.807) is 0 Å². The molecule has 0 radical (unpaired) electrons. The number of hydrogen-bond acceptors (Lipinski definition) is 3. The van der Waals surface area contributed by atoms with Gasteiger partial charge in [-0.1, -0.05) is 42.5 Å². The predicted molar refractivity (Wildman–Crippen MR) is 90.1 cm³/mol. The Labute approximate surface area is 132 Å². The van der Waals surface area contributed by atoms with Crippen LogP contribution in [0.15, 0.2) is 54.6 Å². The van der Waals surface area contributed by atoms with Crippen molar-refractivity contribution in [3.05, 3.63) is 65.7 Å². The number of nitrogens with zero attached hydrogens (tertiary/aromatic N) is 1. The first-order valence-corrected chi connectivity index (χ1v) is 8.04. The van der Waals surface area contributed by atoms with Crippen molar-refractivity contribution < 1.29 is 4.74 Å². The number of ether oxygens (including phenoxy) is 1. The fourth-order valence-electron chi connectivity index (χ4n) is 2.86. The Bertz CT molecular complexity index is 562. The molecule has 1 N–H and O–H groups in total. The second kappa shape index (κ2) is 7.43. The first kappa shape index (κ1) is 15.1. The van der Waals surface area contributed by atoms with Crippen LogP contribution in [-0.4, -0.2) is 31.1 Å². The lowest BCUT2D eigenvalue weighted by molar-refractivity contribution is 0.185. The van der Waals surface area contributed by atoms with Crippen LogP contribution in [0, 0.1) is 0 Å². The van der Waals surface area contributed by atoms with Gasteiger partial charge in [0, 0.05) is 32.2 Å².